The molecule has 0 spiro atoms. The Morgan fingerprint density at radius 3 is 2.60 bits per heavy atom. The number of methoxy groups -OCH3 is 1. The van der Waals surface area contributed by atoms with Gasteiger partial charge < -0.3 is 14.8 Å². The normalized spacial score (nSPS) is 11.0. The molecule has 1 aromatic carbocycles. The summed E-state index contributed by atoms with van der Waals surface area (Å²) in [6.45, 7) is 7.03. The fourth-order valence-electron chi connectivity index (χ4n) is 2.33. The van der Waals surface area contributed by atoms with Crippen molar-refractivity contribution in [3.63, 3.8) is 0 Å². The number of benzene rings is 1. The van der Waals surface area contributed by atoms with E-state index in [0.29, 0.717) is 31.1 Å². The second kappa shape index (κ2) is 8.51. The number of carbonyl (C=O) groups is 1. The number of pyridine rings is 1. The Labute approximate surface area is 149 Å². The molecule has 1 N–H and O–H groups in total. The minimum absolute atomic E-state index is 0.0221. The van der Waals surface area contributed by atoms with Crippen LogP contribution in [-0.4, -0.2) is 18.0 Å². The van der Waals surface area contributed by atoms with Gasteiger partial charge in [0, 0.05) is 30.9 Å². The highest BCUT2D eigenvalue weighted by atomic mass is 16.5. The molecule has 0 atom stereocenters. The largest absolute Gasteiger partial charge is 0.493 e. The van der Waals surface area contributed by atoms with E-state index in [1.165, 1.54) is 0 Å². The number of hydrogen-bond donors (Lipinski definition) is 1. The molecule has 0 unspecified atom stereocenters. The molecular weight excluding hydrogens is 316 g/mol. The molecule has 0 aliphatic heterocycles. The van der Waals surface area contributed by atoms with Crippen LogP contribution >= 0.6 is 0 Å². The van der Waals surface area contributed by atoms with Crippen LogP contribution in [-0.2, 0) is 17.9 Å². The molecule has 0 bridgehead atoms. The van der Waals surface area contributed by atoms with E-state index in [-0.39, 0.29) is 11.3 Å². The third-order valence-electron chi connectivity index (χ3n) is 3.53. The van der Waals surface area contributed by atoms with Crippen LogP contribution in [0.4, 0.5) is 0 Å². The average molecular weight is 342 g/mol. The van der Waals surface area contributed by atoms with Crippen LogP contribution in [0, 0.1) is 5.41 Å². The Morgan fingerprint density at radius 2 is 1.96 bits per heavy atom. The van der Waals surface area contributed by atoms with Gasteiger partial charge in [-0.15, -0.1) is 0 Å². The van der Waals surface area contributed by atoms with E-state index in [0.717, 1.165) is 11.1 Å². The minimum Gasteiger partial charge on any atom is -0.493 e. The van der Waals surface area contributed by atoms with Gasteiger partial charge in [-0.25, -0.2) is 0 Å². The predicted molar refractivity (Wildman–Crippen MR) is 97.5 cm³/mol. The highest BCUT2D eigenvalue weighted by Crippen LogP contribution is 2.29. The SMILES string of the molecule is COc1cc(CNC(=O)CC(C)(C)C)ccc1OCc1cccnc1. The van der Waals surface area contributed by atoms with Gasteiger partial charge in [0.25, 0.3) is 0 Å². The first kappa shape index (κ1) is 18.8. The van der Waals surface area contributed by atoms with E-state index in [1.807, 2.05) is 51.1 Å². The molecule has 0 aliphatic rings. The highest BCUT2D eigenvalue weighted by Gasteiger charge is 2.15. The summed E-state index contributed by atoms with van der Waals surface area (Å²) in [5.74, 6) is 1.35. The molecule has 1 amide bonds. The molecule has 0 fully saturated rings. The van der Waals surface area contributed by atoms with E-state index < -0.39 is 0 Å². The monoisotopic (exact) mass is 342 g/mol. The van der Waals surface area contributed by atoms with Crippen LogP contribution in [0.1, 0.15) is 38.3 Å². The Kier molecular flexibility index (Phi) is 6.39. The number of nitrogens with zero attached hydrogens (tertiary/aromatic N) is 1. The molecular formula is C20H26N2O3. The third kappa shape index (κ3) is 6.45. The Hall–Kier alpha value is -2.56. The zero-order chi connectivity index (χ0) is 18.3. The van der Waals surface area contributed by atoms with Crippen LogP contribution < -0.4 is 14.8 Å². The molecule has 25 heavy (non-hydrogen) atoms. The van der Waals surface area contributed by atoms with Crippen LogP contribution in [0.2, 0.25) is 0 Å². The van der Waals surface area contributed by atoms with Crippen molar-refractivity contribution in [2.45, 2.75) is 40.3 Å². The second-order valence-electron chi connectivity index (χ2n) is 7.15. The quantitative estimate of drug-likeness (QED) is 0.833. The maximum Gasteiger partial charge on any atom is 0.220 e. The summed E-state index contributed by atoms with van der Waals surface area (Å²) < 4.78 is 11.2. The minimum atomic E-state index is -0.0221. The molecule has 5 heteroatoms. The van der Waals surface area contributed by atoms with Gasteiger partial charge in [0.2, 0.25) is 5.91 Å². The number of nitrogens with one attached hydrogen (secondary N) is 1. The van der Waals surface area contributed by atoms with Crippen LogP contribution in [0.25, 0.3) is 0 Å². The van der Waals surface area contributed by atoms with Gasteiger partial charge in [-0.2, -0.15) is 0 Å². The molecule has 1 aromatic heterocycles. The lowest BCUT2D eigenvalue weighted by molar-refractivity contribution is -0.122. The summed E-state index contributed by atoms with van der Waals surface area (Å²) in [6.07, 6.45) is 3.99. The van der Waals surface area contributed by atoms with Crippen LogP contribution in [0.5, 0.6) is 11.5 Å². The van der Waals surface area contributed by atoms with Gasteiger partial charge in [-0.3, -0.25) is 9.78 Å². The molecule has 5 nitrogen and oxygen atoms in total. The highest BCUT2D eigenvalue weighted by molar-refractivity contribution is 5.76. The van der Waals surface area contributed by atoms with Crippen LogP contribution in [0.15, 0.2) is 42.7 Å². The van der Waals surface area contributed by atoms with Crippen molar-refractivity contribution < 1.29 is 14.3 Å². The molecule has 0 radical (unpaired) electrons. The van der Waals surface area contributed by atoms with Gasteiger partial charge in [0.1, 0.15) is 6.61 Å². The standard InChI is InChI=1S/C20H26N2O3/c1-20(2,3)11-19(23)22-13-15-7-8-17(18(10-15)24-4)25-14-16-6-5-9-21-12-16/h5-10,12H,11,13-14H2,1-4H3,(H,22,23). The van der Waals surface area contributed by atoms with Crippen molar-refractivity contribution in [3.8, 4) is 11.5 Å². The number of rotatable bonds is 7. The van der Waals surface area contributed by atoms with Crippen molar-refractivity contribution in [1.82, 2.24) is 10.3 Å². The predicted octanol–water partition coefficient (Wildman–Crippen LogP) is 3.72. The molecule has 0 aliphatic carbocycles. The first-order valence-electron chi connectivity index (χ1n) is 8.33. The van der Waals surface area contributed by atoms with Crippen molar-refractivity contribution >= 4 is 5.91 Å². The molecule has 0 saturated heterocycles. The average Bonchev–Trinajstić information content (AvgIpc) is 2.58. The molecule has 1 heterocycles. The summed E-state index contributed by atoms with van der Waals surface area (Å²) in [7, 11) is 1.61. The van der Waals surface area contributed by atoms with Gasteiger partial charge in [-0.05, 0) is 29.2 Å². The number of hydrogen-bond acceptors (Lipinski definition) is 4. The first-order chi connectivity index (χ1) is 11.9. The number of ether oxygens (including phenoxy) is 2. The molecule has 2 aromatic rings. The van der Waals surface area contributed by atoms with E-state index in [9.17, 15) is 4.79 Å². The summed E-state index contributed by atoms with van der Waals surface area (Å²) in [4.78, 5) is 16.0. The summed E-state index contributed by atoms with van der Waals surface area (Å²) >= 11 is 0. The van der Waals surface area contributed by atoms with Gasteiger partial charge in [0.15, 0.2) is 11.5 Å². The summed E-state index contributed by atoms with van der Waals surface area (Å²) in [5, 5.41) is 2.94. The topological polar surface area (TPSA) is 60.5 Å². The lowest BCUT2D eigenvalue weighted by atomic mass is 9.92. The summed E-state index contributed by atoms with van der Waals surface area (Å²) in [5.41, 5.74) is 1.93. The molecule has 2 rings (SSSR count). The lowest BCUT2D eigenvalue weighted by Gasteiger charge is -2.17. The zero-order valence-electron chi connectivity index (χ0n) is 15.3. The smallest absolute Gasteiger partial charge is 0.220 e. The number of aromatic nitrogens is 1. The Bertz CT molecular complexity index is 694. The molecule has 134 valence electrons. The molecule has 0 saturated carbocycles. The maximum atomic E-state index is 11.9. The first-order valence-corrected chi connectivity index (χ1v) is 8.33. The van der Waals surface area contributed by atoms with Gasteiger partial charge in [0.05, 0.1) is 7.11 Å². The third-order valence-corrected chi connectivity index (χ3v) is 3.53. The van der Waals surface area contributed by atoms with Gasteiger partial charge in [-0.1, -0.05) is 32.9 Å². The van der Waals surface area contributed by atoms with Crippen molar-refractivity contribution in [1.29, 1.82) is 0 Å². The summed E-state index contributed by atoms with van der Waals surface area (Å²) in [6, 6.07) is 9.51. The van der Waals surface area contributed by atoms with E-state index in [2.05, 4.69) is 10.3 Å². The van der Waals surface area contributed by atoms with Gasteiger partial charge >= 0.3 is 0 Å². The van der Waals surface area contributed by atoms with E-state index >= 15 is 0 Å². The lowest BCUT2D eigenvalue weighted by Crippen LogP contribution is -2.27. The zero-order valence-corrected chi connectivity index (χ0v) is 15.3. The Balaban J connectivity index is 1.95. The maximum absolute atomic E-state index is 11.9. The fraction of sp³-hybridized carbons (Fsp3) is 0.400. The second-order valence-corrected chi connectivity index (χ2v) is 7.15. The number of carbonyl (C=O) groups excluding carboxylic acids is 1. The van der Waals surface area contributed by atoms with Crippen LogP contribution in [0.3, 0.4) is 0 Å². The van der Waals surface area contributed by atoms with E-state index in [4.69, 9.17) is 9.47 Å². The number of amides is 1. The van der Waals surface area contributed by atoms with E-state index in [1.54, 1.807) is 19.5 Å². The van der Waals surface area contributed by atoms with Crippen molar-refractivity contribution in [2.24, 2.45) is 5.41 Å². The fourth-order valence-corrected chi connectivity index (χ4v) is 2.33. The Morgan fingerprint density at radius 1 is 1.16 bits per heavy atom. The van der Waals surface area contributed by atoms with Crippen molar-refractivity contribution in [2.75, 3.05) is 7.11 Å². The van der Waals surface area contributed by atoms with Crippen molar-refractivity contribution in [3.05, 3.63) is 53.9 Å².